The Labute approximate surface area is 165 Å². The number of carbonyl (C=O) groups excluding carboxylic acids is 2. The number of para-hydroxylation sites is 1. The lowest BCUT2D eigenvalue weighted by Crippen LogP contribution is -2.42. The largest absolute Gasteiger partial charge is 0.493 e. The van der Waals surface area contributed by atoms with Crippen LogP contribution in [0.5, 0.6) is 5.75 Å². The maximum Gasteiger partial charge on any atom is 0.227 e. The molecule has 6 heteroatoms. The molecule has 0 aromatic heterocycles. The molecule has 1 saturated heterocycles. The van der Waals surface area contributed by atoms with Crippen LogP contribution in [0.2, 0.25) is 0 Å². The van der Waals surface area contributed by atoms with Gasteiger partial charge in [-0.2, -0.15) is 0 Å². The van der Waals surface area contributed by atoms with E-state index in [0.717, 1.165) is 24.3 Å². The summed E-state index contributed by atoms with van der Waals surface area (Å²) in [5.74, 6) is 0.648. The van der Waals surface area contributed by atoms with Gasteiger partial charge in [-0.15, -0.1) is 0 Å². The summed E-state index contributed by atoms with van der Waals surface area (Å²) < 4.78 is 10.9. The standard InChI is InChI=1S/C22H26N2O4/c1-17(25)24(20-11-14-27-15-12-20)19-9-7-18(8-10-19)23-22(26)13-16-28-21-5-3-2-4-6-21/h2-10,20H,11-16H2,1H3,(H,23,26). The molecule has 2 aromatic carbocycles. The van der Waals surface area contributed by atoms with Gasteiger partial charge in [-0.3, -0.25) is 9.59 Å². The number of hydrogen-bond donors (Lipinski definition) is 1. The summed E-state index contributed by atoms with van der Waals surface area (Å²) in [5, 5.41) is 2.86. The van der Waals surface area contributed by atoms with Gasteiger partial charge in [0.25, 0.3) is 0 Å². The molecule has 0 atom stereocenters. The van der Waals surface area contributed by atoms with E-state index in [2.05, 4.69) is 5.32 Å². The average molecular weight is 382 g/mol. The number of nitrogens with one attached hydrogen (secondary N) is 1. The summed E-state index contributed by atoms with van der Waals surface area (Å²) in [6, 6.07) is 16.9. The number of benzene rings is 2. The van der Waals surface area contributed by atoms with Crippen molar-refractivity contribution >= 4 is 23.2 Å². The van der Waals surface area contributed by atoms with Gasteiger partial charge < -0.3 is 19.7 Å². The van der Waals surface area contributed by atoms with Gasteiger partial charge in [0.2, 0.25) is 11.8 Å². The van der Waals surface area contributed by atoms with E-state index in [0.29, 0.717) is 25.5 Å². The minimum absolute atomic E-state index is 0.0155. The van der Waals surface area contributed by atoms with Crippen molar-refractivity contribution in [2.45, 2.75) is 32.2 Å². The van der Waals surface area contributed by atoms with Crippen LogP contribution in [0.25, 0.3) is 0 Å². The molecule has 6 nitrogen and oxygen atoms in total. The van der Waals surface area contributed by atoms with Crippen LogP contribution in [0.1, 0.15) is 26.2 Å². The van der Waals surface area contributed by atoms with Crippen LogP contribution in [-0.2, 0) is 14.3 Å². The molecule has 1 N–H and O–H groups in total. The number of carbonyl (C=O) groups is 2. The summed E-state index contributed by atoms with van der Waals surface area (Å²) in [4.78, 5) is 26.1. The Morgan fingerprint density at radius 2 is 1.75 bits per heavy atom. The normalized spacial score (nSPS) is 14.3. The maximum absolute atomic E-state index is 12.1. The molecule has 0 spiro atoms. The molecule has 1 aliphatic heterocycles. The van der Waals surface area contributed by atoms with Crippen molar-refractivity contribution in [1.29, 1.82) is 0 Å². The molecule has 1 aliphatic rings. The van der Waals surface area contributed by atoms with Gasteiger partial charge in [-0.25, -0.2) is 0 Å². The summed E-state index contributed by atoms with van der Waals surface area (Å²) >= 11 is 0. The lowest BCUT2D eigenvalue weighted by molar-refractivity contribution is -0.118. The van der Waals surface area contributed by atoms with Crippen molar-refractivity contribution in [3.05, 3.63) is 54.6 Å². The summed E-state index contributed by atoms with van der Waals surface area (Å²) in [7, 11) is 0. The van der Waals surface area contributed by atoms with Crippen LogP contribution >= 0.6 is 0 Å². The molecule has 0 aliphatic carbocycles. The molecular weight excluding hydrogens is 356 g/mol. The van der Waals surface area contributed by atoms with E-state index in [4.69, 9.17) is 9.47 Å². The molecule has 2 aromatic rings. The fraction of sp³-hybridized carbons (Fsp3) is 0.364. The second-order valence-corrected chi connectivity index (χ2v) is 6.74. The van der Waals surface area contributed by atoms with Crippen LogP contribution in [0, 0.1) is 0 Å². The summed E-state index contributed by atoms with van der Waals surface area (Å²) in [6.07, 6.45) is 1.93. The molecule has 28 heavy (non-hydrogen) atoms. The monoisotopic (exact) mass is 382 g/mol. The molecule has 1 fully saturated rings. The second kappa shape index (κ2) is 9.90. The lowest BCUT2D eigenvalue weighted by Gasteiger charge is -2.33. The van der Waals surface area contributed by atoms with Gasteiger partial charge in [0, 0.05) is 37.6 Å². The van der Waals surface area contributed by atoms with Crippen LogP contribution < -0.4 is 15.0 Å². The first-order valence-electron chi connectivity index (χ1n) is 9.59. The molecule has 0 radical (unpaired) electrons. The number of ether oxygens (including phenoxy) is 2. The Hall–Kier alpha value is -2.86. The van der Waals surface area contributed by atoms with Gasteiger partial charge in [-0.1, -0.05) is 18.2 Å². The lowest BCUT2D eigenvalue weighted by atomic mass is 10.1. The highest BCUT2D eigenvalue weighted by Gasteiger charge is 2.24. The van der Waals surface area contributed by atoms with Gasteiger partial charge in [0.15, 0.2) is 0 Å². The first-order valence-corrected chi connectivity index (χ1v) is 9.59. The topological polar surface area (TPSA) is 67.9 Å². The van der Waals surface area contributed by atoms with Gasteiger partial charge in [-0.05, 0) is 49.2 Å². The fourth-order valence-corrected chi connectivity index (χ4v) is 3.30. The van der Waals surface area contributed by atoms with Gasteiger partial charge >= 0.3 is 0 Å². The van der Waals surface area contributed by atoms with Crippen molar-refractivity contribution in [3.63, 3.8) is 0 Å². The third-order valence-electron chi connectivity index (χ3n) is 4.67. The van der Waals surface area contributed by atoms with Crippen molar-refractivity contribution in [2.75, 3.05) is 30.0 Å². The highest BCUT2D eigenvalue weighted by Crippen LogP contribution is 2.25. The van der Waals surface area contributed by atoms with Crippen LogP contribution in [0.3, 0.4) is 0 Å². The Balaban J connectivity index is 1.52. The van der Waals surface area contributed by atoms with E-state index in [1.807, 2.05) is 59.5 Å². The number of rotatable bonds is 7. The van der Waals surface area contributed by atoms with Gasteiger partial charge in [0.1, 0.15) is 5.75 Å². The Bertz CT molecular complexity index is 771. The number of hydrogen-bond acceptors (Lipinski definition) is 4. The predicted molar refractivity (Wildman–Crippen MR) is 109 cm³/mol. The molecule has 2 amide bonds. The van der Waals surface area contributed by atoms with Crippen molar-refractivity contribution in [3.8, 4) is 5.75 Å². The molecule has 0 unspecified atom stereocenters. The van der Waals surface area contributed by atoms with E-state index in [-0.39, 0.29) is 24.3 Å². The summed E-state index contributed by atoms with van der Waals surface area (Å²) in [6.45, 7) is 3.25. The Kier molecular flexibility index (Phi) is 7.03. The molecule has 148 valence electrons. The van der Waals surface area contributed by atoms with E-state index in [1.165, 1.54) is 0 Å². The van der Waals surface area contributed by atoms with Crippen molar-refractivity contribution in [1.82, 2.24) is 0 Å². The van der Waals surface area contributed by atoms with Crippen molar-refractivity contribution in [2.24, 2.45) is 0 Å². The highest BCUT2D eigenvalue weighted by atomic mass is 16.5. The van der Waals surface area contributed by atoms with Crippen molar-refractivity contribution < 1.29 is 19.1 Å². The molecule has 3 rings (SSSR count). The molecule has 0 saturated carbocycles. The fourth-order valence-electron chi connectivity index (χ4n) is 3.30. The first-order chi connectivity index (χ1) is 13.6. The van der Waals surface area contributed by atoms with E-state index in [9.17, 15) is 9.59 Å². The number of nitrogens with zero attached hydrogens (tertiary/aromatic N) is 1. The Morgan fingerprint density at radius 3 is 2.39 bits per heavy atom. The minimum atomic E-state index is -0.114. The third kappa shape index (κ3) is 5.57. The highest BCUT2D eigenvalue weighted by molar-refractivity contribution is 5.93. The van der Waals surface area contributed by atoms with Crippen LogP contribution in [0.15, 0.2) is 54.6 Å². The summed E-state index contributed by atoms with van der Waals surface area (Å²) in [5.41, 5.74) is 1.54. The molecule has 1 heterocycles. The number of anilines is 2. The van der Waals surface area contributed by atoms with E-state index >= 15 is 0 Å². The predicted octanol–water partition coefficient (Wildman–Crippen LogP) is 3.63. The molecule has 0 bridgehead atoms. The third-order valence-corrected chi connectivity index (χ3v) is 4.67. The quantitative estimate of drug-likeness (QED) is 0.794. The van der Waals surface area contributed by atoms with Crippen LogP contribution in [0.4, 0.5) is 11.4 Å². The smallest absolute Gasteiger partial charge is 0.227 e. The zero-order chi connectivity index (χ0) is 19.8. The average Bonchev–Trinajstić information content (AvgIpc) is 2.71. The maximum atomic E-state index is 12.1. The number of amides is 2. The zero-order valence-corrected chi connectivity index (χ0v) is 16.1. The van der Waals surface area contributed by atoms with Crippen LogP contribution in [-0.4, -0.2) is 37.7 Å². The minimum Gasteiger partial charge on any atom is -0.493 e. The molecular formula is C22H26N2O4. The zero-order valence-electron chi connectivity index (χ0n) is 16.1. The second-order valence-electron chi connectivity index (χ2n) is 6.74. The van der Waals surface area contributed by atoms with E-state index < -0.39 is 0 Å². The van der Waals surface area contributed by atoms with E-state index in [1.54, 1.807) is 6.92 Å². The SMILES string of the molecule is CC(=O)N(c1ccc(NC(=O)CCOc2ccccc2)cc1)C1CCOCC1. The Morgan fingerprint density at radius 1 is 1.07 bits per heavy atom. The first kappa shape index (κ1) is 19.9. The van der Waals surface area contributed by atoms with Gasteiger partial charge in [0.05, 0.1) is 13.0 Å².